The maximum absolute atomic E-state index is 9.60. The molecule has 1 rings (SSSR count). The summed E-state index contributed by atoms with van der Waals surface area (Å²) in [4.78, 5) is 9.60. The van der Waals surface area contributed by atoms with Crippen LogP contribution >= 0.6 is 0 Å². The maximum atomic E-state index is 9.60. The molecule has 1 saturated heterocycles. The molecule has 1 heterocycles. The largest absolute Gasteiger partial charge is 0.481 e. The van der Waals surface area contributed by atoms with E-state index in [1.54, 1.807) is 0 Å². The number of carboxylic acid groups (broad SMARTS) is 1. The van der Waals surface area contributed by atoms with Crippen molar-refractivity contribution in [3.8, 4) is 0 Å². The summed E-state index contributed by atoms with van der Waals surface area (Å²) < 4.78 is 4.60. The molecule has 0 spiro atoms. The Hall–Kier alpha value is 0.0534. The summed E-state index contributed by atoms with van der Waals surface area (Å²) in [6.07, 6.45) is 1.36. The Labute approximate surface area is 79.9 Å². The second kappa shape index (κ2) is 8.15. The molecule has 4 heteroatoms. The molecule has 0 amide bonds. The van der Waals surface area contributed by atoms with E-state index >= 15 is 0 Å². The van der Waals surface area contributed by atoms with Gasteiger partial charge < -0.3 is 16.8 Å². The summed E-state index contributed by atoms with van der Waals surface area (Å²) in [5.74, 6) is -0.711. The number of rotatable bonds is 2. The van der Waals surface area contributed by atoms with Crippen LogP contribution in [0.25, 0.3) is 0 Å². The first-order valence-electron chi connectivity index (χ1n) is 3.33. The van der Waals surface area contributed by atoms with E-state index in [1.165, 1.54) is 0 Å². The van der Waals surface area contributed by atoms with E-state index in [-0.39, 0.29) is 19.5 Å². The quantitative estimate of drug-likeness (QED) is 0.422. The number of aliphatic carboxylic acids is 1. The summed E-state index contributed by atoms with van der Waals surface area (Å²) in [6, 6.07) is 0. The fourth-order valence-electron chi connectivity index (χ4n) is 0.282. The molecule has 0 saturated carbocycles. The molecule has 1 unspecified atom stereocenters. The second-order valence-corrected chi connectivity index (χ2v) is 2.10. The van der Waals surface area contributed by atoms with Gasteiger partial charge in [-0.05, 0) is 12.5 Å². The standard InChI is InChI=1S/C4H8O2.C3H5O.Zn/c1-2-3-4(5)6;1-3-2-4-3;/h2-3H2,1H3,(H,5,6);3H,1-2H2;/q;-1;. The van der Waals surface area contributed by atoms with E-state index in [2.05, 4.69) is 11.7 Å². The van der Waals surface area contributed by atoms with Crippen LogP contribution in [0.15, 0.2) is 0 Å². The van der Waals surface area contributed by atoms with Gasteiger partial charge in [-0.25, -0.2) is 0 Å². The number of carboxylic acids is 1. The smallest absolute Gasteiger partial charge is 0.303 e. The van der Waals surface area contributed by atoms with Crippen molar-refractivity contribution in [1.29, 1.82) is 0 Å². The predicted octanol–water partition coefficient (Wildman–Crippen LogP) is 1.09. The molecule has 0 aromatic carbocycles. The first-order valence-corrected chi connectivity index (χ1v) is 3.33. The number of hydrogen-bond acceptors (Lipinski definition) is 2. The summed E-state index contributed by atoms with van der Waals surface area (Å²) in [6.45, 7) is 6.24. The van der Waals surface area contributed by atoms with Gasteiger partial charge in [0.15, 0.2) is 0 Å². The second-order valence-electron chi connectivity index (χ2n) is 2.10. The van der Waals surface area contributed by atoms with Crippen LogP contribution in [0.3, 0.4) is 0 Å². The van der Waals surface area contributed by atoms with E-state index in [4.69, 9.17) is 5.11 Å². The first kappa shape index (κ1) is 13.6. The summed E-state index contributed by atoms with van der Waals surface area (Å²) >= 11 is 0. The molecule has 62 valence electrons. The third kappa shape index (κ3) is 17.8. The SMILES string of the molecule is CCCC(=O)O.[CH2-]C1CO1.[Zn]. The summed E-state index contributed by atoms with van der Waals surface area (Å²) in [7, 11) is 0. The topological polar surface area (TPSA) is 49.8 Å². The molecule has 3 nitrogen and oxygen atoms in total. The van der Waals surface area contributed by atoms with Gasteiger partial charge in [0.05, 0.1) is 0 Å². The molecular weight excluding hydrogens is 197 g/mol. The van der Waals surface area contributed by atoms with E-state index in [1.807, 2.05) is 6.92 Å². The van der Waals surface area contributed by atoms with Crippen molar-refractivity contribution < 1.29 is 34.1 Å². The number of carbonyl (C=O) groups is 1. The van der Waals surface area contributed by atoms with Gasteiger partial charge in [-0.3, -0.25) is 4.79 Å². The van der Waals surface area contributed by atoms with Crippen LogP contribution in [-0.4, -0.2) is 23.8 Å². The normalized spacial score (nSPS) is 18.9. The van der Waals surface area contributed by atoms with Gasteiger partial charge >= 0.3 is 5.97 Å². The fourth-order valence-corrected chi connectivity index (χ4v) is 0.282. The van der Waals surface area contributed by atoms with Gasteiger partial charge in [-0.1, -0.05) is 6.92 Å². The molecule has 0 aromatic heterocycles. The molecular formula is C7H13O3Zn-. The first-order chi connectivity index (χ1) is 4.66. The Kier molecular flexibility index (Phi) is 10.1. The summed E-state index contributed by atoms with van der Waals surface area (Å²) in [5.41, 5.74) is 0. The molecule has 0 aromatic rings. The Balaban J connectivity index is 0. The van der Waals surface area contributed by atoms with Crippen molar-refractivity contribution in [2.24, 2.45) is 0 Å². The zero-order chi connectivity index (χ0) is 7.98. The Bertz CT molecular complexity index is 102. The minimum atomic E-state index is -0.711. The van der Waals surface area contributed by atoms with Crippen molar-refractivity contribution >= 4 is 5.97 Å². The van der Waals surface area contributed by atoms with Crippen molar-refractivity contribution in [3.63, 3.8) is 0 Å². The minimum Gasteiger partial charge on any atom is -0.481 e. The van der Waals surface area contributed by atoms with Gasteiger partial charge in [-0.2, -0.15) is 0 Å². The molecule has 1 N–H and O–H groups in total. The molecule has 0 bridgehead atoms. The van der Waals surface area contributed by atoms with Crippen LogP contribution in [0, 0.1) is 6.92 Å². The third-order valence-electron chi connectivity index (χ3n) is 0.866. The Morgan fingerprint density at radius 1 is 1.82 bits per heavy atom. The average Bonchev–Trinajstić information content (AvgIpc) is 2.52. The zero-order valence-electron chi connectivity index (χ0n) is 6.88. The summed E-state index contributed by atoms with van der Waals surface area (Å²) in [5, 5.41) is 7.91. The Morgan fingerprint density at radius 3 is 2.18 bits per heavy atom. The molecule has 1 aliphatic heterocycles. The third-order valence-corrected chi connectivity index (χ3v) is 0.866. The van der Waals surface area contributed by atoms with Crippen LogP contribution in [0.4, 0.5) is 0 Å². The molecule has 1 atom stereocenters. The average molecular weight is 211 g/mol. The van der Waals surface area contributed by atoms with Crippen molar-refractivity contribution in [2.75, 3.05) is 6.61 Å². The zero-order valence-corrected chi connectivity index (χ0v) is 9.84. The van der Waals surface area contributed by atoms with Gasteiger partial charge in [0.25, 0.3) is 0 Å². The maximum Gasteiger partial charge on any atom is 0.303 e. The van der Waals surface area contributed by atoms with Crippen molar-refractivity contribution in [1.82, 2.24) is 0 Å². The number of hydrogen-bond donors (Lipinski definition) is 1. The molecule has 0 radical (unpaired) electrons. The van der Waals surface area contributed by atoms with Gasteiger partial charge in [0.2, 0.25) is 0 Å². The number of epoxide rings is 1. The van der Waals surface area contributed by atoms with E-state index in [0.29, 0.717) is 12.5 Å². The monoisotopic (exact) mass is 209 g/mol. The van der Waals surface area contributed by atoms with Crippen LogP contribution in [0.5, 0.6) is 0 Å². The van der Waals surface area contributed by atoms with Crippen LogP contribution in [-0.2, 0) is 29.0 Å². The van der Waals surface area contributed by atoms with Crippen molar-refractivity contribution in [2.45, 2.75) is 25.9 Å². The fraction of sp³-hybridized carbons (Fsp3) is 0.714. The van der Waals surface area contributed by atoms with E-state index < -0.39 is 5.97 Å². The van der Waals surface area contributed by atoms with Crippen LogP contribution < -0.4 is 0 Å². The Morgan fingerprint density at radius 2 is 2.18 bits per heavy atom. The van der Waals surface area contributed by atoms with Crippen molar-refractivity contribution in [3.05, 3.63) is 6.92 Å². The van der Waals surface area contributed by atoms with Crippen LogP contribution in [0.1, 0.15) is 19.8 Å². The van der Waals surface area contributed by atoms with Gasteiger partial charge in [0.1, 0.15) is 0 Å². The number of ether oxygens (including phenoxy) is 1. The van der Waals surface area contributed by atoms with E-state index in [0.717, 1.165) is 13.0 Å². The molecule has 1 aliphatic rings. The van der Waals surface area contributed by atoms with Crippen LogP contribution in [0.2, 0.25) is 0 Å². The van der Waals surface area contributed by atoms with Gasteiger partial charge in [0, 0.05) is 32.5 Å². The van der Waals surface area contributed by atoms with E-state index in [9.17, 15) is 4.79 Å². The molecule has 1 fully saturated rings. The molecule has 11 heavy (non-hydrogen) atoms. The predicted molar refractivity (Wildman–Crippen MR) is 37.6 cm³/mol. The minimum absolute atomic E-state index is 0. The van der Waals surface area contributed by atoms with Gasteiger partial charge in [-0.15, -0.1) is 0 Å². The molecule has 0 aliphatic carbocycles.